The summed E-state index contributed by atoms with van der Waals surface area (Å²) in [6.45, 7) is 2.39. The number of aromatic nitrogens is 3. The van der Waals surface area contributed by atoms with Crippen molar-refractivity contribution in [2.45, 2.75) is 13.5 Å². The second kappa shape index (κ2) is 9.75. The highest BCUT2D eigenvalue weighted by molar-refractivity contribution is 6.31. The highest BCUT2D eigenvalue weighted by atomic mass is 35.5. The molecule has 0 radical (unpaired) electrons. The van der Waals surface area contributed by atoms with Gasteiger partial charge in [0.2, 0.25) is 5.95 Å². The molecule has 0 amide bonds. The number of hydrogen-bond acceptors (Lipinski definition) is 6. The van der Waals surface area contributed by atoms with E-state index in [0.29, 0.717) is 40.4 Å². The Hall–Kier alpha value is -3.84. The first-order valence-electron chi connectivity index (χ1n) is 10.3. The van der Waals surface area contributed by atoms with Crippen LogP contribution in [0.4, 0.5) is 5.95 Å². The van der Waals surface area contributed by atoms with Crippen molar-refractivity contribution in [3.63, 3.8) is 0 Å². The van der Waals surface area contributed by atoms with Crippen LogP contribution in [-0.4, -0.2) is 34.9 Å². The van der Waals surface area contributed by atoms with Crippen LogP contribution in [0.25, 0.3) is 11.4 Å². The quantitative estimate of drug-likeness (QED) is 0.405. The Kier molecular flexibility index (Phi) is 6.60. The van der Waals surface area contributed by atoms with Crippen LogP contribution in [-0.2, 0) is 6.54 Å². The van der Waals surface area contributed by atoms with Gasteiger partial charge in [0.1, 0.15) is 0 Å². The van der Waals surface area contributed by atoms with Crippen LogP contribution in [0.2, 0.25) is 5.02 Å². The van der Waals surface area contributed by atoms with Crippen LogP contribution in [0.5, 0.6) is 11.5 Å². The minimum Gasteiger partial charge on any atom is -0.493 e. The van der Waals surface area contributed by atoms with E-state index in [-0.39, 0.29) is 5.91 Å². The molecule has 4 rings (SSSR count). The number of nitrogens with one attached hydrogen (secondary N) is 1. The molecule has 168 valence electrons. The van der Waals surface area contributed by atoms with Crippen molar-refractivity contribution in [2.24, 2.45) is 0 Å². The SMILES string of the molecule is COc1ccc(C(=O)n2nc(-c3ccc(C)cc3)nc2NCc2ccccc2Cl)cc1OC. The molecule has 33 heavy (non-hydrogen) atoms. The molecule has 0 atom stereocenters. The summed E-state index contributed by atoms with van der Waals surface area (Å²) in [7, 11) is 3.06. The van der Waals surface area contributed by atoms with Gasteiger partial charge >= 0.3 is 0 Å². The minimum absolute atomic E-state index is 0.310. The van der Waals surface area contributed by atoms with E-state index in [1.165, 1.54) is 11.8 Å². The molecule has 0 unspecified atom stereocenters. The van der Waals surface area contributed by atoms with Gasteiger partial charge in [-0.1, -0.05) is 59.6 Å². The van der Waals surface area contributed by atoms with Crippen LogP contribution in [0, 0.1) is 6.92 Å². The van der Waals surface area contributed by atoms with Crippen LogP contribution >= 0.6 is 11.6 Å². The molecule has 0 saturated heterocycles. The number of hydrogen-bond donors (Lipinski definition) is 1. The Labute approximate surface area is 196 Å². The van der Waals surface area contributed by atoms with Crippen molar-refractivity contribution in [1.82, 2.24) is 14.8 Å². The highest BCUT2D eigenvalue weighted by Gasteiger charge is 2.20. The van der Waals surface area contributed by atoms with Gasteiger partial charge in [-0.25, -0.2) is 0 Å². The van der Waals surface area contributed by atoms with E-state index in [1.54, 1.807) is 25.3 Å². The lowest BCUT2D eigenvalue weighted by molar-refractivity contribution is 0.0947. The minimum atomic E-state index is -0.358. The van der Waals surface area contributed by atoms with Gasteiger partial charge < -0.3 is 14.8 Å². The standard InChI is InChI=1S/C25H23ClN4O3/c1-16-8-10-17(11-9-16)23-28-25(27-15-19-6-4-5-7-20(19)26)30(29-23)24(31)18-12-13-21(32-2)22(14-18)33-3/h4-14H,15H2,1-3H3,(H,27,28,29). The zero-order valence-corrected chi connectivity index (χ0v) is 19.3. The molecular formula is C25H23ClN4O3. The number of aryl methyl sites for hydroxylation is 1. The molecule has 0 saturated carbocycles. The maximum atomic E-state index is 13.4. The summed E-state index contributed by atoms with van der Waals surface area (Å²) in [6.07, 6.45) is 0. The lowest BCUT2D eigenvalue weighted by Gasteiger charge is -2.11. The Morgan fingerprint density at radius 1 is 1.00 bits per heavy atom. The molecule has 8 heteroatoms. The van der Waals surface area contributed by atoms with Crippen molar-refractivity contribution in [3.05, 3.63) is 88.4 Å². The second-order valence-corrected chi connectivity index (χ2v) is 7.76. The number of ether oxygens (including phenoxy) is 2. The number of methoxy groups -OCH3 is 2. The van der Waals surface area contributed by atoms with Gasteiger partial charge in [-0.05, 0) is 36.8 Å². The summed E-state index contributed by atoms with van der Waals surface area (Å²) >= 11 is 6.29. The predicted octanol–water partition coefficient (Wildman–Crippen LogP) is 5.22. The van der Waals surface area contributed by atoms with E-state index in [0.717, 1.165) is 16.7 Å². The molecule has 1 aromatic heterocycles. The zero-order valence-electron chi connectivity index (χ0n) is 18.5. The molecule has 0 fully saturated rings. The van der Waals surface area contributed by atoms with Crippen LogP contribution < -0.4 is 14.8 Å². The molecule has 7 nitrogen and oxygen atoms in total. The number of halogens is 1. The summed E-state index contributed by atoms with van der Waals surface area (Å²) in [5.41, 5.74) is 3.19. The van der Waals surface area contributed by atoms with Crippen molar-refractivity contribution in [2.75, 3.05) is 19.5 Å². The van der Waals surface area contributed by atoms with Gasteiger partial charge in [0.05, 0.1) is 14.2 Å². The summed E-state index contributed by atoms with van der Waals surface area (Å²) in [5.74, 6) is 1.37. The third-order valence-electron chi connectivity index (χ3n) is 5.13. The van der Waals surface area contributed by atoms with E-state index in [2.05, 4.69) is 15.4 Å². The third-order valence-corrected chi connectivity index (χ3v) is 5.50. The van der Waals surface area contributed by atoms with E-state index < -0.39 is 0 Å². The molecule has 1 N–H and O–H groups in total. The largest absolute Gasteiger partial charge is 0.493 e. The van der Waals surface area contributed by atoms with Crippen molar-refractivity contribution in [3.8, 4) is 22.9 Å². The molecule has 0 aliphatic carbocycles. The van der Waals surface area contributed by atoms with Crippen molar-refractivity contribution in [1.29, 1.82) is 0 Å². The number of benzene rings is 3. The molecule has 0 aliphatic heterocycles. The maximum absolute atomic E-state index is 13.4. The van der Waals surface area contributed by atoms with Gasteiger partial charge in [0, 0.05) is 22.7 Å². The fraction of sp³-hybridized carbons (Fsp3) is 0.160. The lowest BCUT2D eigenvalue weighted by Crippen LogP contribution is -2.17. The average molecular weight is 463 g/mol. The number of anilines is 1. The maximum Gasteiger partial charge on any atom is 0.281 e. The summed E-state index contributed by atoms with van der Waals surface area (Å²) in [4.78, 5) is 18.0. The van der Waals surface area contributed by atoms with E-state index >= 15 is 0 Å². The first-order valence-corrected chi connectivity index (χ1v) is 10.7. The highest BCUT2D eigenvalue weighted by Crippen LogP contribution is 2.29. The van der Waals surface area contributed by atoms with Gasteiger partial charge in [-0.2, -0.15) is 9.67 Å². The topological polar surface area (TPSA) is 78.3 Å². The van der Waals surface area contributed by atoms with Crippen molar-refractivity contribution >= 4 is 23.5 Å². The number of carbonyl (C=O) groups excluding carboxylic acids is 1. The lowest BCUT2D eigenvalue weighted by atomic mass is 10.1. The summed E-state index contributed by atoms with van der Waals surface area (Å²) < 4.78 is 11.9. The average Bonchev–Trinajstić information content (AvgIpc) is 3.27. The smallest absolute Gasteiger partial charge is 0.281 e. The summed E-state index contributed by atoms with van der Waals surface area (Å²) in [6, 6.07) is 20.3. The molecule has 3 aromatic carbocycles. The molecule has 0 aliphatic rings. The molecular weight excluding hydrogens is 440 g/mol. The van der Waals surface area contributed by atoms with Gasteiger partial charge in [0.15, 0.2) is 17.3 Å². The predicted molar refractivity (Wildman–Crippen MR) is 128 cm³/mol. The van der Waals surface area contributed by atoms with Crippen LogP contribution in [0.15, 0.2) is 66.7 Å². The Morgan fingerprint density at radius 2 is 1.73 bits per heavy atom. The molecule has 0 spiro atoms. The van der Waals surface area contributed by atoms with Crippen LogP contribution in [0.3, 0.4) is 0 Å². The normalized spacial score (nSPS) is 10.7. The van der Waals surface area contributed by atoms with Gasteiger partial charge in [-0.15, -0.1) is 5.10 Å². The molecule has 1 heterocycles. The first-order chi connectivity index (χ1) is 16.0. The van der Waals surface area contributed by atoms with Gasteiger partial charge in [-0.3, -0.25) is 4.79 Å². The zero-order chi connectivity index (χ0) is 23.4. The third kappa shape index (κ3) is 4.83. The fourth-order valence-corrected chi connectivity index (χ4v) is 3.50. The van der Waals surface area contributed by atoms with E-state index in [4.69, 9.17) is 21.1 Å². The molecule has 0 bridgehead atoms. The number of rotatable bonds is 7. The Bertz CT molecular complexity index is 1290. The summed E-state index contributed by atoms with van der Waals surface area (Å²) in [5, 5.41) is 8.34. The van der Waals surface area contributed by atoms with E-state index in [1.807, 2.05) is 55.5 Å². The van der Waals surface area contributed by atoms with E-state index in [9.17, 15) is 4.79 Å². The monoisotopic (exact) mass is 462 g/mol. The Balaban J connectivity index is 1.72. The number of carbonyl (C=O) groups is 1. The number of nitrogens with zero attached hydrogens (tertiary/aromatic N) is 3. The second-order valence-electron chi connectivity index (χ2n) is 7.36. The molecule has 4 aromatic rings. The first kappa shape index (κ1) is 22.4. The van der Waals surface area contributed by atoms with Gasteiger partial charge in [0.25, 0.3) is 5.91 Å². The Morgan fingerprint density at radius 3 is 2.42 bits per heavy atom. The fourth-order valence-electron chi connectivity index (χ4n) is 3.30. The van der Waals surface area contributed by atoms with Crippen LogP contribution in [0.1, 0.15) is 21.5 Å². The van der Waals surface area contributed by atoms with Crippen molar-refractivity contribution < 1.29 is 14.3 Å².